The molecule has 0 heterocycles. The van der Waals surface area contributed by atoms with Crippen LogP contribution < -0.4 is 17.0 Å². The SMILES string of the molecule is CSCCCCCCN=C(N)NN. The molecule has 0 saturated heterocycles. The van der Waals surface area contributed by atoms with Crippen LogP contribution in [0.15, 0.2) is 4.99 Å². The lowest BCUT2D eigenvalue weighted by molar-refractivity contribution is 0.677. The van der Waals surface area contributed by atoms with Crippen molar-refractivity contribution in [2.75, 3.05) is 18.6 Å². The van der Waals surface area contributed by atoms with Crippen molar-refractivity contribution in [2.24, 2.45) is 16.6 Å². The van der Waals surface area contributed by atoms with Gasteiger partial charge in [0.25, 0.3) is 0 Å². The first-order valence-electron chi connectivity index (χ1n) is 4.56. The summed E-state index contributed by atoms with van der Waals surface area (Å²) < 4.78 is 0. The number of rotatable bonds is 7. The van der Waals surface area contributed by atoms with Gasteiger partial charge in [0.05, 0.1) is 0 Å². The van der Waals surface area contributed by atoms with Gasteiger partial charge < -0.3 is 5.73 Å². The van der Waals surface area contributed by atoms with E-state index in [2.05, 4.69) is 16.7 Å². The number of nitrogens with zero attached hydrogens (tertiary/aromatic N) is 1. The van der Waals surface area contributed by atoms with E-state index < -0.39 is 0 Å². The summed E-state index contributed by atoms with van der Waals surface area (Å²) in [5.41, 5.74) is 7.65. The Morgan fingerprint density at radius 1 is 1.31 bits per heavy atom. The van der Waals surface area contributed by atoms with E-state index in [-0.39, 0.29) is 0 Å². The van der Waals surface area contributed by atoms with E-state index in [1.807, 2.05) is 11.8 Å². The third-order valence-electron chi connectivity index (χ3n) is 1.69. The zero-order chi connectivity index (χ0) is 9.94. The lowest BCUT2D eigenvalue weighted by atomic mass is 10.2. The first-order chi connectivity index (χ1) is 6.31. The van der Waals surface area contributed by atoms with Gasteiger partial charge in [0, 0.05) is 6.54 Å². The number of hydrogen-bond donors (Lipinski definition) is 3. The lowest BCUT2D eigenvalue weighted by Crippen LogP contribution is -2.37. The highest BCUT2D eigenvalue weighted by Gasteiger charge is 1.89. The Bertz CT molecular complexity index is 138. The molecule has 0 aromatic rings. The highest BCUT2D eigenvalue weighted by Crippen LogP contribution is 2.04. The van der Waals surface area contributed by atoms with Gasteiger partial charge in [-0.25, -0.2) is 5.84 Å². The molecule has 4 nitrogen and oxygen atoms in total. The highest BCUT2D eigenvalue weighted by molar-refractivity contribution is 7.98. The van der Waals surface area contributed by atoms with Crippen LogP contribution in [0.1, 0.15) is 25.7 Å². The summed E-state index contributed by atoms with van der Waals surface area (Å²) in [7, 11) is 0. The fourth-order valence-corrected chi connectivity index (χ4v) is 1.45. The number of hydrazine groups is 1. The van der Waals surface area contributed by atoms with Crippen LogP contribution in [0.3, 0.4) is 0 Å². The van der Waals surface area contributed by atoms with Gasteiger partial charge in [-0.15, -0.1) is 0 Å². The maximum Gasteiger partial charge on any atom is 0.203 e. The monoisotopic (exact) mass is 204 g/mol. The molecule has 5 N–H and O–H groups in total. The standard InChI is InChI=1S/C8H20N4S/c1-13-7-5-3-2-4-6-11-8(9)12-10/h2-7,10H2,1H3,(H3,9,11,12). The number of aliphatic imine (C=N–C) groups is 1. The minimum atomic E-state index is 0.323. The maximum atomic E-state index is 5.35. The van der Waals surface area contributed by atoms with Crippen LogP contribution in [0.4, 0.5) is 0 Å². The smallest absolute Gasteiger partial charge is 0.203 e. The predicted octanol–water partition coefficient (Wildman–Crippen LogP) is 0.688. The highest BCUT2D eigenvalue weighted by atomic mass is 32.2. The Morgan fingerprint density at radius 2 is 2.00 bits per heavy atom. The zero-order valence-corrected chi connectivity index (χ0v) is 9.07. The summed E-state index contributed by atoms with van der Waals surface area (Å²) in [5, 5.41) is 0. The van der Waals surface area contributed by atoms with Gasteiger partial charge >= 0.3 is 0 Å². The summed E-state index contributed by atoms with van der Waals surface area (Å²) in [6.07, 6.45) is 7.04. The molecule has 0 rings (SSSR count). The van der Waals surface area contributed by atoms with Crippen molar-refractivity contribution in [1.82, 2.24) is 5.43 Å². The van der Waals surface area contributed by atoms with Gasteiger partial charge in [-0.1, -0.05) is 12.8 Å². The molecule has 0 bridgehead atoms. The lowest BCUT2D eigenvalue weighted by Gasteiger charge is -1.99. The minimum absolute atomic E-state index is 0.323. The molecule has 78 valence electrons. The van der Waals surface area contributed by atoms with E-state index in [4.69, 9.17) is 11.6 Å². The Balaban J connectivity index is 3.08. The summed E-state index contributed by atoms with van der Waals surface area (Å²) in [5.74, 6) is 6.63. The van der Waals surface area contributed by atoms with E-state index in [0.717, 1.165) is 13.0 Å². The third-order valence-corrected chi connectivity index (χ3v) is 2.38. The predicted molar refractivity (Wildman–Crippen MR) is 60.7 cm³/mol. The van der Waals surface area contributed by atoms with Gasteiger partial charge in [-0.05, 0) is 24.9 Å². The Morgan fingerprint density at radius 3 is 2.62 bits per heavy atom. The third kappa shape index (κ3) is 9.49. The largest absolute Gasteiger partial charge is 0.369 e. The van der Waals surface area contributed by atoms with Crippen molar-refractivity contribution in [3.8, 4) is 0 Å². The van der Waals surface area contributed by atoms with E-state index in [1.165, 1.54) is 25.0 Å². The molecule has 0 aromatic carbocycles. The molecule has 0 aromatic heterocycles. The molecule has 0 aliphatic rings. The molecule has 0 amide bonds. The number of unbranched alkanes of at least 4 members (excludes halogenated alkanes) is 3. The van der Waals surface area contributed by atoms with Crippen LogP contribution in [0.2, 0.25) is 0 Å². The summed E-state index contributed by atoms with van der Waals surface area (Å²) >= 11 is 1.90. The molecule has 0 aliphatic heterocycles. The second-order valence-corrected chi connectivity index (χ2v) is 3.80. The summed E-state index contributed by atoms with van der Waals surface area (Å²) in [6, 6.07) is 0. The summed E-state index contributed by atoms with van der Waals surface area (Å²) in [4.78, 5) is 4.01. The van der Waals surface area contributed by atoms with Crippen molar-refractivity contribution < 1.29 is 0 Å². The fourth-order valence-electron chi connectivity index (χ4n) is 0.957. The van der Waals surface area contributed by atoms with Crippen LogP contribution >= 0.6 is 11.8 Å². The molecule has 0 saturated carbocycles. The first kappa shape index (κ1) is 12.6. The maximum absolute atomic E-state index is 5.35. The van der Waals surface area contributed by atoms with E-state index >= 15 is 0 Å². The van der Waals surface area contributed by atoms with Crippen LogP contribution in [-0.4, -0.2) is 24.5 Å². The van der Waals surface area contributed by atoms with E-state index in [1.54, 1.807) is 0 Å². The number of nitrogens with two attached hydrogens (primary N) is 2. The Kier molecular flexibility index (Phi) is 9.35. The van der Waals surface area contributed by atoms with Crippen LogP contribution in [0, 0.1) is 0 Å². The molecule has 0 radical (unpaired) electrons. The number of hydrogen-bond acceptors (Lipinski definition) is 3. The number of guanidine groups is 1. The molecule has 0 spiro atoms. The Labute approximate surface area is 84.5 Å². The molecule has 0 fully saturated rings. The molecule has 0 unspecified atom stereocenters. The molecular weight excluding hydrogens is 184 g/mol. The second-order valence-electron chi connectivity index (χ2n) is 2.82. The average Bonchev–Trinajstić information content (AvgIpc) is 2.16. The van der Waals surface area contributed by atoms with Crippen LogP contribution in [-0.2, 0) is 0 Å². The molecule has 13 heavy (non-hydrogen) atoms. The van der Waals surface area contributed by atoms with Gasteiger partial charge in [0.2, 0.25) is 5.96 Å². The summed E-state index contributed by atoms with van der Waals surface area (Å²) in [6.45, 7) is 0.773. The molecule has 0 aliphatic carbocycles. The van der Waals surface area contributed by atoms with Crippen molar-refractivity contribution in [1.29, 1.82) is 0 Å². The fraction of sp³-hybridized carbons (Fsp3) is 0.875. The minimum Gasteiger partial charge on any atom is -0.369 e. The number of nitrogens with one attached hydrogen (secondary N) is 1. The van der Waals surface area contributed by atoms with Gasteiger partial charge in [-0.3, -0.25) is 10.4 Å². The molecule has 0 atom stereocenters. The van der Waals surface area contributed by atoms with Crippen molar-refractivity contribution in [3.63, 3.8) is 0 Å². The van der Waals surface area contributed by atoms with Crippen molar-refractivity contribution in [2.45, 2.75) is 25.7 Å². The molecular formula is C8H20N4S. The van der Waals surface area contributed by atoms with Crippen molar-refractivity contribution in [3.05, 3.63) is 0 Å². The van der Waals surface area contributed by atoms with Crippen molar-refractivity contribution >= 4 is 17.7 Å². The Hall–Kier alpha value is -0.420. The van der Waals surface area contributed by atoms with Gasteiger partial charge in [0.15, 0.2) is 0 Å². The van der Waals surface area contributed by atoms with E-state index in [0.29, 0.717) is 5.96 Å². The normalized spacial score (nSPS) is 11.7. The van der Waals surface area contributed by atoms with Crippen LogP contribution in [0.25, 0.3) is 0 Å². The molecule has 5 heteroatoms. The second kappa shape index (κ2) is 9.67. The topological polar surface area (TPSA) is 76.4 Å². The zero-order valence-electron chi connectivity index (χ0n) is 8.25. The van der Waals surface area contributed by atoms with Crippen LogP contribution in [0.5, 0.6) is 0 Å². The van der Waals surface area contributed by atoms with Gasteiger partial charge in [-0.2, -0.15) is 11.8 Å². The quantitative estimate of drug-likeness (QED) is 0.187. The first-order valence-corrected chi connectivity index (χ1v) is 5.96. The average molecular weight is 204 g/mol. The van der Waals surface area contributed by atoms with E-state index in [9.17, 15) is 0 Å². The van der Waals surface area contributed by atoms with Gasteiger partial charge in [0.1, 0.15) is 0 Å². The number of thioether (sulfide) groups is 1.